The van der Waals surface area contributed by atoms with Crippen LogP contribution in [0.15, 0.2) is 34.9 Å². The summed E-state index contributed by atoms with van der Waals surface area (Å²) in [5, 5.41) is 20.4. The Balaban J connectivity index is 2.02. The molecule has 2 rings (SSSR count). The number of carbonyl (C=O) groups is 1. The van der Waals surface area contributed by atoms with Crippen LogP contribution in [0.4, 0.5) is 5.69 Å². The molecule has 0 unspecified atom stereocenters. The molecule has 0 fully saturated rings. The molecule has 0 amide bonds. The highest BCUT2D eigenvalue weighted by Crippen LogP contribution is 2.12. The number of furan rings is 1. The zero-order valence-corrected chi connectivity index (χ0v) is 9.25. The third-order valence-electron chi connectivity index (χ3n) is 2.21. The van der Waals surface area contributed by atoms with Crippen molar-refractivity contribution in [1.82, 2.24) is 4.98 Å². The van der Waals surface area contributed by atoms with E-state index in [1.54, 1.807) is 18.2 Å². The number of carboxylic acid groups (broad SMARTS) is 1. The summed E-state index contributed by atoms with van der Waals surface area (Å²) in [6, 6.07) is 8.22. The number of aromatic carboxylic acids is 1. The van der Waals surface area contributed by atoms with E-state index in [0.717, 1.165) is 5.69 Å². The van der Waals surface area contributed by atoms with Crippen LogP contribution in [0, 0.1) is 11.3 Å². The van der Waals surface area contributed by atoms with Gasteiger partial charge in [0.05, 0.1) is 6.54 Å². The molecule has 2 aromatic heterocycles. The Morgan fingerprint density at radius 2 is 2.33 bits per heavy atom. The van der Waals surface area contributed by atoms with Crippen LogP contribution in [0.5, 0.6) is 0 Å². The number of nitrogens with zero attached hydrogens (tertiary/aromatic N) is 2. The summed E-state index contributed by atoms with van der Waals surface area (Å²) in [5.41, 5.74) is 1.03. The first kappa shape index (κ1) is 11.7. The molecule has 0 aliphatic rings. The van der Waals surface area contributed by atoms with Gasteiger partial charge in [0.25, 0.3) is 0 Å². The number of carboxylic acids is 1. The quantitative estimate of drug-likeness (QED) is 0.850. The number of hydrogen-bond donors (Lipinski definition) is 2. The molecule has 18 heavy (non-hydrogen) atoms. The van der Waals surface area contributed by atoms with Crippen molar-refractivity contribution in [3.8, 4) is 6.07 Å². The lowest BCUT2D eigenvalue weighted by atomic mass is 10.3. The average molecular weight is 243 g/mol. The maximum absolute atomic E-state index is 10.6. The van der Waals surface area contributed by atoms with E-state index in [1.807, 2.05) is 6.07 Å². The monoisotopic (exact) mass is 243 g/mol. The van der Waals surface area contributed by atoms with Crippen molar-refractivity contribution in [2.75, 3.05) is 5.32 Å². The van der Waals surface area contributed by atoms with Gasteiger partial charge in [-0.2, -0.15) is 5.26 Å². The first-order chi connectivity index (χ1) is 8.69. The number of hydrogen-bond acceptors (Lipinski definition) is 5. The lowest BCUT2D eigenvalue weighted by Gasteiger charge is -2.03. The third kappa shape index (κ3) is 2.65. The van der Waals surface area contributed by atoms with Gasteiger partial charge in [0.15, 0.2) is 0 Å². The van der Waals surface area contributed by atoms with Gasteiger partial charge in [-0.15, -0.1) is 0 Å². The minimum Gasteiger partial charge on any atom is -0.475 e. The van der Waals surface area contributed by atoms with E-state index >= 15 is 0 Å². The summed E-state index contributed by atoms with van der Waals surface area (Å²) >= 11 is 0. The topological polar surface area (TPSA) is 99.2 Å². The second-order valence-corrected chi connectivity index (χ2v) is 3.47. The molecule has 6 nitrogen and oxygen atoms in total. The molecule has 0 aromatic carbocycles. The van der Waals surface area contributed by atoms with Crippen LogP contribution in [-0.4, -0.2) is 16.1 Å². The number of nitrogens with one attached hydrogen (secondary N) is 1. The maximum Gasteiger partial charge on any atom is 0.371 e. The fourth-order valence-electron chi connectivity index (χ4n) is 1.38. The molecule has 0 bridgehead atoms. The lowest BCUT2D eigenvalue weighted by Crippen LogP contribution is -1.99. The van der Waals surface area contributed by atoms with E-state index in [2.05, 4.69) is 10.3 Å². The highest BCUT2D eigenvalue weighted by Gasteiger charge is 2.08. The third-order valence-corrected chi connectivity index (χ3v) is 2.21. The number of rotatable bonds is 4. The molecule has 2 aromatic rings. The second kappa shape index (κ2) is 5.01. The molecule has 6 heteroatoms. The molecule has 0 saturated carbocycles. The summed E-state index contributed by atoms with van der Waals surface area (Å²) in [7, 11) is 0. The van der Waals surface area contributed by atoms with Crippen LogP contribution in [0.25, 0.3) is 0 Å². The van der Waals surface area contributed by atoms with Gasteiger partial charge in [-0.25, -0.2) is 9.78 Å². The Kier molecular flexibility index (Phi) is 3.25. The first-order valence-corrected chi connectivity index (χ1v) is 5.11. The van der Waals surface area contributed by atoms with E-state index in [0.29, 0.717) is 18.0 Å². The van der Waals surface area contributed by atoms with Crippen molar-refractivity contribution in [3.63, 3.8) is 0 Å². The Morgan fingerprint density at radius 1 is 1.50 bits per heavy atom. The Labute approximate surface area is 102 Å². The predicted octanol–water partition coefficient (Wildman–Crippen LogP) is 1.86. The molecule has 0 spiro atoms. The number of anilines is 1. The van der Waals surface area contributed by atoms with Crippen LogP contribution in [0.1, 0.15) is 22.0 Å². The minimum absolute atomic E-state index is 0.0979. The summed E-state index contributed by atoms with van der Waals surface area (Å²) in [6.07, 6.45) is 1.52. The van der Waals surface area contributed by atoms with E-state index in [4.69, 9.17) is 14.8 Å². The van der Waals surface area contributed by atoms with Crippen LogP contribution < -0.4 is 5.32 Å². The molecule has 0 saturated heterocycles. The van der Waals surface area contributed by atoms with Crippen molar-refractivity contribution >= 4 is 11.7 Å². The number of nitriles is 1. The Hall–Kier alpha value is -2.81. The van der Waals surface area contributed by atoms with Gasteiger partial charge in [-0.1, -0.05) is 0 Å². The Bertz CT molecular complexity index is 613. The SMILES string of the molecule is N#Cc1cc(NCc2ccc(C(=O)O)o2)ccn1. The van der Waals surface area contributed by atoms with E-state index in [1.165, 1.54) is 12.3 Å². The smallest absolute Gasteiger partial charge is 0.371 e. The van der Waals surface area contributed by atoms with E-state index in [9.17, 15) is 4.79 Å². The van der Waals surface area contributed by atoms with Gasteiger partial charge in [0, 0.05) is 11.9 Å². The van der Waals surface area contributed by atoms with Gasteiger partial charge in [-0.05, 0) is 24.3 Å². The molecule has 0 aliphatic heterocycles. The van der Waals surface area contributed by atoms with Crippen LogP contribution in [0.3, 0.4) is 0 Å². The zero-order valence-electron chi connectivity index (χ0n) is 9.25. The summed E-state index contributed by atoms with van der Waals surface area (Å²) in [6.45, 7) is 0.335. The standard InChI is InChI=1S/C12H9N3O3/c13-6-9-5-8(3-4-14-9)15-7-10-1-2-11(18-10)12(16)17/h1-5H,7H2,(H,14,15)(H,16,17). The normalized spacial score (nSPS) is 9.72. The molecule has 2 heterocycles. The van der Waals surface area contributed by atoms with E-state index < -0.39 is 5.97 Å². The maximum atomic E-state index is 10.6. The summed E-state index contributed by atoms with van der Waals surface area (Å²) in [4.78, 5) is 14.5. The van der Waals surface area contributed by atoms with Crippen molar-refractivity contribution in [3.05, 3.63) is 47.7 Å². The predicted molar refractivity (Wildman–Crippen MR) is 61.9 cm³/mol. The zero-order chi connectivity index (χ0) is 13.0. The largest absolute Gasteiger partial charge is 0.475 e. The van der Waals surface area contributed by atoms with Crippen LogP contribution in [0.2, 0.25) is 0 Å². The number of pyridine rings is 1. The van der Waals surface area contributed by atoms with Crippen molar-refractivity contribution in [2.24, 2.45) is 0 Å². The van der Waals surface area contributed by atoms with Gasteiger partial charge >= 0.3 is 5.97 Å². The van der Waals surface area contributed by atoms with Gasteiger partial charge in [0.2, 0.25) is 5.76 Å². The molecular weight excluding hydrogens is 234 g/mol. The second-order valence-electron chi connectivity index (χ2n) is 3.47. The van der Waals surface area contributed by atoms with Crippen molar-refractivity contribution in [2.45, 2.75) is 6.54 Å². The van der Waals surface area contributed by atoms with Crippen molar-refractivity contribution < 1.29 is 14.3 Å². The Morgan fingerprint density at radius 3 is 3.00 bits per heavy atom. The van der Waals surface area contributed by atoms with Gasteiger partial charge < -0.3 is 14.8 Å². The molecule has 0 atom stereocenters. The molecular formula is C12H9N3O3. The molecule has 0 radical (unpaired) electrons. The summed E-state index contributed by atoms with van der Waals surface area (Å²) in [5.74, 6) is -0.695. The molecule has 2 N–H and O–H groups in total. The van der Waals surface area contributed by atoms with Gasteiger partial charge in [0.1, 0.15) is 17.5 Å². The van der Waals surface area contributed by atoms with E-state index in [-0.39, 0.29) is 5.76 Å². The van der Waals surface area contributed by atoms with Crippen LogP contribution in [-0.2, 0) is 6.54 Å². The lowest BCUT2D eigenvalue weighted by molar-refractivity contribution is 0.0660. The fourth-order valence-corrected chi connectivity index (χ4v) is 1.38. The summed E-state index contributed by atoms with van der Waals surface area (Å²) < 4.78 is 5.08. The van der Waals surface area contributed by atoms with Gasteiger partial charge in [-0.3, -0.25) is 0 Å². The highest BCUT2D eigenvalue weighted by molar-refractivity contribution is 5.84. The first-order valence-electron chi connectivity index (χ1n) is 5.11. The fraction of sp³-hybridized carbons (Fsp3) is 0.0833. The molecule has 90 valence electrons. The minimum atomic E-state index is -1.10. The highest BCUT2D eigenvalue weighted by atomic mass is 16.4. The van der Waals surface area contributed by atoms with Crippen LogP contribution >= 0.6 is 0 Å². The average Bonchev–Trinajstić information content (AvgIpc) is 2.85. The van der Waals surface area contributed by atoms with Crippen molar-refractivity contribution in [1.29, 1.82) is 5.26 Å². The molecule has 0 aliphatic carbocycles. The number of aromatic nitrogens is 1.